The summed E-state index contributed by atoms with van der Waals surface area (Å²) >= 11 is 0. The number of halogens is 3. The summed E-state index contributed by atoms with van der Waals surface area (Å²) in [5.74, 6) is -0.994. The van der Waals surface area contributed by atoms with Crippen molar-refractivity contribution >= 4 is 11.8 Å². The van der Waals surface area contributed by atoms with Crippen LogP contribution in [0.4, 0.5) is 13.2 Å². The predicted molar refractivity (Wildman–Crippen MR) is 98.3 cm³/mol. The maximum absolute atomic E-state index is 12.7. The molecule has 0 heterocycles. The predicted octanol–water partition coefficient (Wildman–Crippen LogP) is 3.75. The van der Waals surface area contributed by atoms with Gasteiger partial charge in [-0.3, -0.25) is 9.59 Å². The third kappa shape index (κ3) is 4.35. The lowest BCUT2D eigenvalue weighted by Gasteiger charge is -2.22. The van der Waals surface area contributed by atoms with Gasteiger partial charge in [0.15, 0.2) is 0 Å². The van der Waals surface area contributed by atoms with Crippen molar-refractivity contribution in [2.75, 3.05) is 14.1 Å². The first kappa shape index (κ1) is 19.9. The van der Waals surface area contributed by atoms with Gasteiger partial charge >= 0.3 is 6.18 Å². The molecule has 1 aliphatic carbocycles. The van der Waals surface area contributed by atoms with Gasteiger partial charge in [0.2, 0.25) is 11.8 Å². The smallest absolute Gasteiger partial charge is 0.347 e. The number of likely N-dealkylation sites (N-methyl/N-ethyl adjacent to an activating group) is 1. The molecule has 1 fully saturated rings. The average Bonchev–Trinajstić information content (AvgIpc) is 3.46. The third-order valence-corrected chi connectivity index (χ3v) is 4.90. The van der Waals surface area contributed by atoms with Crippen molar-refractivity contribution in [3.8, 4) is 0 Å². The Kier molecular flexibility index (Phi) is 5.45. The van der Waals surface area contributed by atoms with E-state index in [4.69, 9.17) is 0 Å². The molecule has 0 spiro atoms. The molecule has 148 valence electrons. The topological polar surface area (TPSA) is 49.4 Å². The van der Waals surface area contributed by atoms with E-state index in [1.54, 1.807) is 38.4 Å². The zero-order valence-electron chi connectivity index (χ0n) is 15.5. The number of rotatable bonds is 5. The van der Waals surface area contributed by atoms with Gasteiger partial charge in [-0.15, -0.1) is 0 Å². The zero-order chi connectivity index (χ0) is 20.5. The van der Waals surface area contributed by atoms with Crippen molar-refractivity contribution in [2.24, 2.45) is 5.92 Å². The van der Waals surface area contributed by atoms with Crippen LogP contribution in [0.15, 0.2) is 54.6 Å². The van der Waals surface area contributed by atoms with Crippen LogP contribution in [0.5, 0.6) is 0 Å². The quantitative estimate of drug-likeness (QED) is 0.845. The number of nitrogens with zero attached hydrogens (tertiary/aromatic N) is 1. The minimum Gasteiger partial charge on any atom is -0.347 e. The van der Waals surface area contributed by atoms with Crippen LogP contribution in [0.25, 0.3) is 0 Å². The van der Waals surface area contributed by atoms with E-state index in [9.17, 15) is 22.8 Å². The fourth-order valence-electron chi connectivity index (χ4n) is 3.21. The van der Waals surface area contributed by atoms with E-state index in [0.29, 0.717) is 17.5 Å². The lowest BCUT2D eigenvalue weighted by Crippen LogP contribution is -2.40. The fraction of sp³-hybridized carbons (Fsp3) is 0.333. The monoisotopic (exact) mass is 390 g/mol. The van der Waals surface area contributed by atoms with Crippen molar-refractivity contribution in [1.82, 2.24) is 10.2 Å². The number of hydrogen-bond acceptors (Lipinski definition) is 2. The minimum absolute atomic E-state index is 0.131. The van der Waals surface area contributed by atoms with Crippen molar-refractivity contribution in [3.05, 3.63) is 71.3 Å². The van der Waals surface area contributed by atoms with Gasteiger partial charge in [0.05, 0.1) is 5.56 Å². The van der Waals surface area contributed by atoms with Crippen molar-refractivity contribution in [3.63, 3.8) is 0 Å². The van der Waals surface area contributed by atoms with E-state index < -0.39 is 17.8 Å². The molecule has 1 saturated carbocycles. The summed E-state index contributed by atoms with van der Waals surface area (Å²) in [6, 6.07) is 13.1. The van der Waals surface area contributed by atoms with Crippen LogP contribution in [0, 0.1) is 5.92 Å². The molecule has 3 rings (SSSR count). The Morgan fingerprint density at radius 2 is 1.64 bits per heavy atom. The Hall–Kier alpha value is -2.83. The molecule has 4 nitrogen and oxygen atoms in total. The van der Waals surface area contributed by atoms with Gasteiger partial charge < -0.3 is 10.2 Å². The van der Waals surface area contributed by atoms with Gasteiger partial charge in [-0.05, 0) is 35.6 Å². The number of benzene rings is 2. The number of alkyl halides is 3. The summed E-state index contributed by atoms with van der Waals surface area (Å²) in [5, 5.41) is 2.80. The van der Waals surface area contributed by atoms with Gasteiger partial charge in [0, 0.05) is 20.0 Å². The van der Waals surface area contributed by atoms with Gasteiger partial charge in [0.1, 0.15) is 6.04 Å². The van der Waals surface area contributed by atoms with E-state index in [0.717, 1.165) is 12.1 Å². The molecule has 0 aliphatic heterocycles. The summed E-state index contributed by atoms with van der Waals surface area (Å²) in [6.45, 7) is 0. The van der Waals surface area contributed by atoms with E-state index in [1.165, 1.54) is 17.0 Å². The second-order valence-corrected chi connectivity index (χ2v) is 7.15. The first-order valence-electron chi connectivity index (χ1n) is 8.92. The highest BCUT2D eigenvalue weighted by atomic mass is 19.4. The number of nitrogens with one attached hydrogen (secondary N) is 1. The Bertz CT molecular complexity index is 848. The molecule has 1 N–H and O–H groups in total. The highest BCUT2D eigenvalue weighted by Gasteiger charge is 2.45. The van der Waals surface area contributed by atoms with Gasteiger partial charge in [-0.1, -0.05) is 42.5 Å². The average molecular weight is 390 g/mol. The first-order chi connectivity index (χ1) is 13.2. The second-order valence-electron chi connectivity index (χ2n) is 7.15. The van der Waals surface area contributed by atoms with Crippen LogP contribution in [-0.2, 0) is 15.8 Å². The Morgan fingerprint density at radius 3 is 2.18 bits per heavy atom. The molecule has 0 aromatic heterocycles. The summed E-state index contributed by atoms with van der Waals surface area (Å²) in [5.41, 5.74) is 0.670. The second kappa shape index (κ2) is 7.66. The molecular formula is C21H21F3N2O2. The molecule has 0 radical (unpaired) electrons. The van der Waals surface area contributed by atoms with Crippen molar-refractivity contribution in [2.45, 2.75) is 24.6 Å². The van der Waals surface area contributed by atoms with E-state index in [-0.39, 0.29) is 23.7 Å². The number of carbonyl (C=O) groups excluding carboxylic acids is 2. The SMILES string of the molecule is CN(C)C(=O)C(NC(=O)C1CC1c1ccc(C(F)(F)F)cc1)c1ccccc1. The number of carbonyl (C=O) groups is 2. The molecule has 2 aromatic carbocycles. The third-order valence-electron chi connectivity index (χ3n) is 4.90. The molecule has 2 aromatic rings. The van der Waals surface area contributed by atoms with Gasteiger partial charge in [0.25, 0.3) is 0 Å². The number of hydrogen-bond donors (Lipinski definition) is 1. The van der Waals surface area contributed by atoms with E-state index in [2.05, 4.69) is 5.32 Å². The summed E-state index contributed by atoms with van der Waals surface area (Å²) in [4.78, 5) is 26.6. The number of amides is 2. The van der Waals surface area contributed by atoms with E-state index in [1.807, 2.05) is 6.07 Å². The van der Waals surface area contributed by atoms with Crippen LogP contribution in [0.2, 0.25) is 0 Å². The molecule has 0 saturated heterocycles. The molecule has 1 aliphatic rings. The Labute approximate surface area is 161 Å². The summed E-state index contributed by atoms with van der Waals surface area (Å²) in [6.07, 6.45) is -3.83. The maximum atomic E-state index is 12.7. The normalized spacial score (nSPS) is 19.6. The fourth-order valence-corrected chi connectivity index (χ4v) is 3.21. The molecule has 0 bridgehead atoms. The van der Waals surface area contributed by atoms with Crippen LogP contribution >= 0.6 is 0 Å². The van der Waals surface area contributed by atoms with Crippen LogP contribution in [-0.4, -0.2) is 30.8 Å². The summed E-state index contributed by atoms with van der Waals surface area (Å²) < 4.78 is 38.1. The highest BCUT2D eigenvalue weighted by Crippen LogP contribution is 2.48. The highest BCUT2D eigenvalue weighted by molar-refractivity contribution is 5.90. The van der Waals surface area contributed by atoms with Crippen molar-refractivity contribution in [1.29, 1.82) is 0 Å². The maximum Gasteiger partial charge on any atom is 0.416 e. The van der Waals surface area contributed by atoms with Crippen LogP contribution < -0.4 is 5.32 Å². The molecule has 2 amide bonds. The standard InChI is InChI=1S/C21H21F3N2O2/c1-26(2)20(28)18(14-6-4-3-5-7-14)25-19(27)17-12-16(17)13-8-10-15(11-9-13)21(22,23)24/h3-11,16-18H,12H2,1-2H3,(H,25,27). The van der Waals surface area contributed by atoms with E-state index >= 15 is 0 Å². The minimum atomic E-state index is -4.38. The molecular weight excluding hydrogens is 369 g/mol. The van der Waals surface area contributed by atoms with Gasteiger partial charge in [-0.25, -0.2) is 0 Å². The van der Waals surface area contributed by atoms with Crippen LogP contribution in [0.3, 0.4) is 0 Å². The molecule has 3 unspecified atom stereocenters. The molecule has 28 heavy (non-hydrogen) atoms. The molecule has 7 heteroatoms. The van der Waals surface area contributed by atoms with Crippen molar-refractivity contribution < 1.29 is 22.8 Å². The summed E-state index contributed by atoms with van der Waals surface area (Å²) in [7, 11) is 3.24. The Morgan fingerprint density at radius 1 is 1.04 bits per heavy atom. The van der Waals surface area contributed by atoms with Gasteiger partial charge in [-0.2, -0.15) is 13.2 Å². The molecule has 3 atom stereocenters. The first-order valence-corrected chi connectivity index (χ1v) is 8.92. The Balaban J connectivity index is 1.69. The lowest BCUT2D eigenvalue weighted by molar-refractivity contribution is -0.137. The zero-order valence-corrected chi connectivity index (χ0v) is 15.5. The largest absolute Gasteiger partial charge is 0.416 e. The lowest BCUT2D eigenvalue weighted by atomic mass is 10.0. The van der Waals surface area contributed by atoms with Crippen LogP contribution in [0.1, 0.15) is 35.1 Å².